The minimum atomic E-state index is -2.95. The van der Waals surface area contributed by atoms with Crippen LogP contribution in [0.2, 0.25) is 78.6 Å². The minimum absolute atomic E-state index is 0.167. The van der Waals surface area contributed by atoms with E-state index in [1.165, 1.54) is 0 Å². The second kappa shape index (κ2) is 15.6. The van der Waals surface area contributed by atoms with Gasteiger partial charge in [0.2, 0.25) is 0 Å². The van der Waals surface area contributed by atoms with Crippen LogP contribution in [0.25, 0.3) is 0 Å². The normalized spacial score (nSPS) is 18.0. The van der Waals surface area contributed by atoms with E-state index in [4.69, 9.17) is 49.1 Å². The summed E-state index contributed by atoms with van der Waals surface area (Å²) < 4.78 is 12.7. The first-order valence-electron chi connectivity index (χ1n) is 15.3. The average molecular weight is 731 g/mol. The molecule has 0 fully saturated rings. The van der Waals surface area contributed by atoms with Gasteiger partial charge in [0.05, 0.1) is 11.5 Å². The van der Waals surface area contributed by atoms with E-state index in [1.54, 1.807) is 0 Å². The number of halogens is 4. The molecule has 0 amide bonds. The molecule has 0 saturated heterocycles. The van der Waals surface area contributed by atoms with E-state index in [1.807, 2.05) is 0 Å². The van der Waals surface area contributed by atoms with Crippen LogP contribution in [-0.4, -0.2) is 77.6 Å². The zero-order valence-electron chi connectivity index (χ0n) is 28.4. The van der Waals surface area contributed by atoms with Crippen molar-refractivity contribution in [1.29, 1.82) is 0 Å². The van der Waals surface area contributed by atoms with E-state index in [9.17, 15) is 0 Å². The molecule has 39 heavy (non-hydrogen) atoms. The van der Waals surface area contributed by atoms with Crippen molar-refractivity contribution in [3.63, 3.8) is 0 Å². The molecule has 0 aromatic heterocycles. The zero-order chi connectivity index (χ0) is 31.4. The SMILES string of the molecule is CCCC(N([Si](C)(C)C)[Si](C)(C)C)[Si](Cl)(Cl)C(CC)OC(CC)[Si](Cl)(Cl)C(CCC)N([Si](C)(C)C)[Si](C)(C)C. The van der Waals surface area contributed by atoms with Crippen molar-refractivity contribution >= 4 is 90.6 Å². The molecule has 0 rings (SSSR count). The van der Waals surface area contributed by atoms with Crippen LogP contribution in [0.4, 0.5) is 0 Å². The molecule has 0 aromatic rings. The lowest BCUT2D eigenvalue weighted by molar-refractivity contribution is 0.0647. The second-order valence-corrected chi connectivity index (χ2v) is 49.5. The molecule has 4 unspecified atom stereocenters. The van der Waals surface area contributed by atoms with Gasteiger partial charge >= 0.3 is 0 Å². The first-order valence-corrected chi connectivity index (χ1v) is 37.4. The zero-order valence-corrected chi connectivity index (χ0v) is 37.4. The summed E-state index contributed by atoms with van der Waals surface area (Å²) in [5.41, 5.74) is -0.0896. The number of nitrogens with zero attached hydrogens (tertiary/aromatic N) is 2. The summed E-state index contributed by atoms with van der Waals surface area (Å²) in [4.78, 5) is 0. The molecule has 0 heterocycles. The van der Waals surface area contributed by atoms with Crippen LogP contribution in [0.3, 0.4) is 0 Å². The monoisotopic (exact) mass is 728 g/mol. The largest absolute Gasteiger partial charge is 0.376 e. The van der Waals surface area contributed by atoms with Gasteiger partial charge in [0, 0.05) is 11.3 Å². The molecule has 0 spiro atoms. The average Bonchev–Trinajstić information content (AvgIpc) is 2.69. The highest BCUT2D eigenvalue weighted by atomic mass is 35.7. The standard InChI is InChI=1S/C26H64Cl4N2OSi6/c1-17-21-23(31(34(5,6)7)35(8,9)10)38(27,28)25(19-3)33-26(20-4)39(29,30)24(22-18-2)32(36(11,12)13)37(14,15)16/h23-26H,17-22H2,1-16H3. The van der Waals surface area contributed by atoms with Gasteiger partial charge in [-0.25, -0.2) is 0 Å². The van der Waals surface area contributed by atoms with Crippen molar-refractivity contribution in [2.45, 2.75) is 168 Å². The van der Waals surface area contributed by atoms with Crippen LogP contribution in [0.5, 0.6) is 0 Å². The molecule has 0 aliphatic carbocycles. The van der Waals surface area contributed by atoms with Crippen LogP contribution < -0.4 is 0 Å². The molecule has 0 aliphatic heterocycles. The van der Waals surface area contributed by atoms with Crippen molar-refractivity contribution < 1.29 is 4.74 Å². The number of ether oxygens (including phenoxy) is 1. The predicted octanol–water partition coefficient (Wildman–Crippen LogP) is 10.8. The molecule has 13 heteroatoms. The molecule has 0 aromatic carbocycles. The fraction of sp³-hybridized carbons (Fsp3) is 1.00. The van der Waals surface area contributed by atoms with Crippen LogP contribution in [0.1, 0.15) is 66.2 Å². The van der Waals surface area contributed by atoms with Crippen LogP contribution >= 0.6 is 44.3 Å². The van der Waals surface area contributed by atoms with Gasteiger partial charge in [-0.3, -0.25) is 0 Å². The summed E-state index contributed by atoms with van der Waals surface area (Å²) in [5.74, 6) is 0. The van der Waals surface area contributed by atoms with E-state index < -0.39 is 46.3 Å². The Morgan fingerprint density at radius 2 is 0.718 bits per heavy atom. The smallest absolute Gasteiger partial charge is 0.294 e. The van der Waals surface area contributed by atoms with Crippen molar-refractivity contribution in [2.24, 2.45) is 0 Å². The van der Waals surface area contributed by atoms with Gasteiger partial charge in [-0.1, -0.05) is 119 Å². The molecule has 0 bridgehead atoms. The van der Waals surface area contributed by atoms with Gasteiger partial charge in [-0.15, -0.1) is 44.3 Å². The fourth-order valence-corrected chi connectivity index (χ4v) is 46.1. The predicted molar refractivity (Wildman–Crippen MR) is 199 cm³/mol. The molecule has 4 atom stereocenters. The molecular weight excluding hydrogens is 667 g/mol. The van der Waals surface area contributed by atoms with Crippen molar-refractivity contribution in [3.8, 4) is 0 Å². The summed E-state index contributed by atoms with van der Waals surface area (Å²) in [7, 11) is -6.79. The lowest BCUT2D eigenvalue weighted by Crippen LogP contribution is -2.72. The maximum Gasteiger partial charge on any atom is 0.294 e. The Bertz CT molecular complexity index is 648. The van der Waals surface area contributed by atoms with E-state index >= 15 is 0 Å². The summed E-state index contributed by atoms with van der Waals surface area (Å²) in [5, 5.41) is 0. The van der Waals surface area contributed by atoms with Crippen molar-refractivity contribution in [1.82, 2.24) is 8.46 Å². The first kappa shape index (κ1) is 41.3. The van der Waals surface area contributed by atoms with E-state index in [0.717, 1.165) is 38.5 Å². The van der Waals surface area contributed by atoms with Gasteiger partial charge < -0.3 is 13.2 Å². The molecule has 0 saturated carbocycles. The van der Waals surface area contributed by atoms with Crippen LogP contribution in [0.15, 0.2) is 0 Å². The Morgan fingerprint density at radius 1 is 0.487 bits per heavy atom. The van der Waals surface area contributed by atoms with Crippen molar-refractivity contribution in [3.05, 3.63) is 0 Å². The number of rotatable bonds is 18. The van der Waals surface area contributed by atoms with E-state index in [2.05, 4.69) is 115 Å². The topological polar surface area (TPSA) is 15.7 Å². The quantitative estimate of drug-likeness (QED) is 0.103. The lowest BCUT2D eigenvalue weighted by atomic mass is 10.3. The Balaban J connectivity index is 6.76. The van der Waals surface area contributed by atoms with E-state index in [0.29, 0.717) is 0 Å². The van der Waals surface area contributed by atoms with Gasteiger partial charge in [0.25, 0.3) is 13.4 Å². The first-order chi connectivity index (χ1) is 17.3. The summed E-state index contributed by atoms with van der Waals surface area (Å²) >= 11 is 30.7. The summed E-state index contributed by atoms with van der Waals surface area (Å²) in [6, 6.07) is 0. The summed E-state index contributed by atoms with van der Waals surface area (Å²) in [6.07, 6.45) is 5.69. The fourth-order valence-electron chi connectivity index (χ4n) is 6.96. The molecular formula is C26H64Cl4N2OSi6. The highest BCUT2D eigenvalue weighted by Crippen LogP contribution is 2.42. The molecule has 236 valence electrons. The Kier molecular flexibility index (Phi) is 16.5. The lowest BCUT2D eigenvalue weighted by Gasteiger charge is -2.54. The summed E-state index contributed by atoms with van der Waals surface area (Å²) in [6.45, 7) is 32.2. The molecule has 0 radical (unpaired) electrons. The Hall–Kier alpha value is 2.34. The van der Waals surface area contributed by atoms with Crippen molar-refractivity contribution in [2.75, 3.05) is 0 Å². The number of hydrogen-bond donors (Lipinski definition) is 0. The minimum Gasteiger partial charge on any atom is -0.376 e. The van der Waals surface area contributed by atoms with Crippen LogP contribution in [0, 0.1) is 0 Å². The van der Waals surface area contributed by atoms with Crippen LogP contribution in [-0.2, 0) is 4.74 Å². The maximum atomic E-state index is 7.67. The molecule has 3 nitrogen and oxygen atoms in total. The Morgan fingerprint density at radius 3 is 0.872 bits per heavy atom. The maximum absolute atomic E-state index is 7.67. The molecule has 0 N–H and O–H groups in total. The highest BCUT2D eigenvalue weighted by molar-refractivity contribution is 7.47. The van der Waals surface area contributed by atoms with Gasteiger partial charge in [-0.2, -0.15) is 0 Å². The Labute approximate surface area is 269 Å². The number of hydrogen-bond acceptors (Lipinski definition) is 3. The second-order valence-electron chi connectivity index (χ2n) is 15.3. The van der Waals surface area contributed by atoms with E-state index in [-0.39, 0.29) is 22.8 Å². The third-order valence-electron chi connectivity index (χ3n) is 7.46. The third kappa shape index (κ3) is 11.3. The molecule has 0 aliphatic rings. The van der Waals surface area contributed by atoms with Gasteiger partial charge in [0.15, 0.2) is 0 Å². The van der Waals surface area contributed by atoms with Gasteiger partial charge in [0.1, 0.15) is 32.9 Å². The highest BCUT2D eigenvalue weighted by Gasteiger charge is 2.57. The third-order valence-corrected chi connectivity index (χ3v) is 35.2. The van der Waals surface area contributed by atoms with Gasteiger partial charge in [-0.05, 0) is 25.7 Å².